The third-order valence-corrected chi connectivity index (χ3v) is 6.99. The van der Waals surface area contributed by atoms with Crippen LogP contribution in [0, 0.1) is 17.8 Å². The number of aromatic amines is 1. The number of ether oxygens (including phenoxy) is 1. The molecule has 1 N–H and O–H groups in total. The van der Waals surface area contributed by atoms with Crippen molar-refractivity contribution in [1.82, 2.24) is 14.8 Å². The molecule has 0 bridgehead atoms. The Bertz CT molecular complexity index is 739. The van der Waals surface area contributed by atoms with E-state index in [-0.39, 0.29) is 0 Å². The fourth-order valence-corrected chi connectivity index (χ4v) is 5.37. The predicted molar refractivity (Wildman–Crippen MR) is 110 cm³/mol. The minimum Gasteiger partial charge on any atom is -0.381 e. The Morgan fingerprint density at radius 2 is 1.85 bits per heavy atom. The summed E-state index contributed by atoms with van der Waals surface area (Å²) in [5, 5.41) is 1.33. The lowest BCUT2D eigenvalue weighted by molar-refractivity contribution is 0.0967. The molecule has 3 heterocycles. The van der Waals surface area contributed by atoms with Gasteiger partial charge in [-0.25, -0.2) is 0 Å². The molecule has 4 nitrogen and oxygen atoms in total. The summed E-state index contributed by atoms with van der Waals surface area (Å²) in [5.41, 5.74) is 2.68. The highest BCUT2D eigenvalue weighted by molar-refractivity contribution is 5.79. The number of hydrogen-bond acceptors (Lipinski definition) is 3. The van der Waals surface area contributed by atoms with Gasteiger partial charge in [-0.15, -0.1) is 0 Å². The number of hydrogen-bond donors (Lipinski definition) is 1. The molecule has 2 aliphatic heterocycles. The first kappa shape index (κ1) is 17.7. The second kappa shape index (κ2) is 7.94. The fraction of sp³-hybridized carbons (Fsp3) is 0.652. The van der Waals surface area contributed by atoms with Crippen molar-refractivity contribution in [3.63, 3.8) is 0 Å². The Kier molecular flexibility index (Phi) is 5.21. The third-order valence-electron chi connectivity index (χ3n) is 6.99. The van der Waals surface area contributed by atoms with Crippen molar-refractivity contribution in [3.8, 4) is 0 Å². The van der Waals surface area contributed by atoms with Crippen LogP contribution >= 0.6 is 0 Å². The van der Waals surface area contributed by atoms with Gasteiger partial charge in [0, 0.05) is 44.5 Å². The van der Waals surface area contributed by atoms with Crippen LogP contribution in [0.4, 0.5) is 0 Å². The molecule has 3 atom stereocenters. The summed E-state index contributed by atoms with van der Waals surface area (Å²) in [4.78, 5) is 8.52. The van der Waals surface area contributed by atoms with Crippen LogP contribution in [0.5, 0.6) is 0 Å². The smallest absolute Gasteiger partial charge is 0.0500 e. The lowest BCUT2D eigenvalue weighted by Gasteiger charge is -2.26. The number of nitrogens with one attached hydrogen (secondary N) is 1. The zero-order chi connectivity index (χ0) is 18.1. The Hall–Kier alpha value is -1.36. The normalized spacial score (nSPS) is 28.7. The highest BCUT2D eigenvalue weighted by atomic mass is 16.5. The molecule has 0 amide bonds. The van der Waals surface area contributed by atoms with E-state index in [1.54, 1.807) is 0 Å². The van der Waals surface area contributed by atoms with Gasteiger partial charge in [0.2, 0.25) is 0 Å². The molecule has 27 heavy (non-hydrogen) atoms. The molecule has 2 saturated heterocycles. The molecule has 5 rings (SSSR count). The van der Waals surface area contributed by atoms with Gasteiger partial charge in [0.15, 0.2) is 0 Å². The van der Waals surface area contributed by atoms with E-state index in [0.717, 1.165) is 37.5 Å². The fourth-order valence-electron chi connectivity index (χ4n) is 5.37. The molecule has 3 aliphatic rings. The second-order valence-corrected chi connectivity index (χ2v) is 8.92. The SMILES string of the molecule is c1cc2cc(CN3C[C@@H]4[C@H](COCCCN5CCCCC5)[C@@H]4C3)ccc2[nH]1. The van der Waals surface area contributed by atoms with Gasteiger partial charge in [0.05, 0.1) is 6.61 Å². The summed E-state index contributed by atoms with van der Waals surface area (Å²) in [6.07, 6.45) is 7.44. The topological polar surface area (TPSA) is 31.5 Å². The van der Waals surface area contributed by atoms with Crippen molar-refractivity contribution in [2.75, 3.05) is 45.9 Å². The van der Waals surface area contributed by atoms with Crippen LogP contribution in [-0.4, -0.2) is 60.7 Å². The van der Waals surface area contributed by atoms with Crippen LogP contribution in [0.15, 0.2) is 30.5 Å². The molecule has 1 aromatic carbocycles. The standard InChI is InChI=1S/C23H33N3O/c1-2-9-25(10-3-1)11-4-12-27-17-22-20-15-26(16-21(20)22)14-18-5-6-23-19(13-18)7-8-24-23/h5-8,13,20-22,24H,1-4,9-12,14-17H2/t20-,21+,22-. The van der Waals surface area contributed by atoms with Crippen molar-refractivity contribution in [3.05, 3.63) is 36.0 Å². The average molecular weight is 368 g/mol. The van der Waals surface area contributed by atoms with E-state index >= 15 is 0 Å². The van der Waals surface area contributed by atoms with Crippen LogP contribution in [0.3, 0.4) is 0 Å². The molecule has 1 saturated carbocycles. The van der Waals surface area contributed by atoms with Crippen LogP contribution < -0.4 is 0 Å². The lowest BCUT2D eigenvalue weighted by Crippen LogP contribution is -2.31. The lowest BCUT2D eigenvalue weighted by atomic mass is 10.1. The highest BCUT2D eigenvalue weighted by Gasteiger charge is 2.55. The molecule has 0 unspecified atom stereocenters. The number of fused-ring (bicyclic) bond motifs is 2. The van der Waals surface area contributed by atoms with Gasteiger partial charge in [-0.3, -0.25) is 4.90 Å². The van der Waals surface area contributed by atoms with Gasteiger partial charge in [-0.05, 0) is 79.3 Å². The van der Waals surface area contributed by atoms with Gasteiger partial charge in [0.1, 0.15) is 0 Å². The third kappa shape index (κ3) is 4.08. The Morgan fingerprint density at radius 1 is 1.00 bits per heavy atom. The summed E-state index contributed by atoms with van der Waals surface area (Å²) in [7, 11) is 0. The number of rotatable bonds is 8. The number of likely N-dealkylation sites (tertiary alicyclic amines) is 2. The van der Waals surface area contributed by atoms with Crippen molar-refractivity contribution in [2.24, 2.45) is 17.8 Å². The average Bonchev–Trinajstić information content (AvgIpc) is 3.05. The van der Waals surface area contributed by atoms with Crippen LogP contribution in [0.1, 0.15) is 31.2 Å². The molecule has 0 radical (unpaired) electrons. The maximum atomic E-state index is 6.03. The largest absolute Gasteiger partial charge is 0.381 e. The van der Waals surface area contributed by atoms with Gasteiger partial charge in [-0.2, -0.15) is 0 Å². The molecule has 4 heteroatoms. The molecule has 3 fully saturated rings. The van der Waals surface area contributed by atoms with Gasteiger partial charge in [0.25, 0.3) is 0 Å². The molecule has 1 aliphatic carbocycles. The van der Waals surface area contributed by atoms with E-state index in [9.17, 15) is 0 Å². The van der Waals surface area contributed by atoms with Crippen molar-refractivity contribution >= 4 is 10.9 Å². The molecular weight excluding hydrogens is 334 g/mol. The number of H-pyrrole nitrogens is 1. The van der Waals surface area contributed by atoms with E-state index in [4.69, 9.17) is 4.74 Å². The van der Waals surface area contributed by atoms with Crippen LogP contribution in [0.25, 0.3) is 10.9 Å². The summed E-state index contributed by atoms with van der Waals surface area (Å²) in [5.74, 6) is 2.62. The zero-order valence-electron chi connectivity index (χ0n) is 16.4. The molecule has 146 valence electrons. The van der Waals surface area contributed by atoms with Crippen LogP contribution in [-0.2, 0) is 11.3 Å². The number of nitrogens with zero attached hydrogens (tertiary/aromatic N) is 2. The van der Waals surface area contributed by atoms with Crippen molar-refractivity contribution in [2.45, 2.75) is 32.2 Å². The minimum atomic E-state index is 0.836. The monoisotopic (exact) mass is 367 g/mol. The number of aromatic nitrogens is 1. The first-order chi connectivity index (χ1) is 13.4. The summed E-state index contributed by atoms with van der Waals surface area (Å²) < 4.78 is 6.03. The summed E-state index contributed by atoms with van der Waals surface area (Å²) >= 11 is 0. The Morgan fingerprint density at radius 3 is 2.70 bits per heavy atom. The second-order valence-electron chi connectivity index (χ2n) is 8.92. The number of benzene rings is 1. The predicted octanol–water partition coefficient (Wildman–Crippen LogP) is 3.74. The summed E-state index contributed by atoms with van der Waals surface area (Å²) in [6.45, 7) is 9.41. The van der Waals surface area contributed by atoms with E-state index in [0.29, 0.717) is 0 Å². The van der Waals surface area contributed by atoms with E-state index < -0.39 is 0 Å². The Balaban J connectivity index is 0.986. The van der Waals surface area contributed by atoms with E-state index in [2.05, 4.69) is 39.0 Å². The summed E-state index contributed by atoms with van der Waals surface area (Å²) in [6, 6.07) is 8.98. The first-order valence-corrected chi connectivity index (χ1v) is 11.0. The van der Waals surface area contributed by atoms with Crippen LogP contribution in [0.2, 0.25) is 0 Å². The molecular formula is C23H33N3O. The quantitative estimate of drug-likeness (QED) is 0.721. The van der Waals surface area contributed by atoms with Gasteiger partial charge >= 0.3 is 0 Å². The first-order valence-electron chi connectivity index (χ1n) is 11.0. The Labute approximate surface area is 162 Å². The van der Waals surface area contributed by atoms with Gasteiger partial charge < -0.3 is 14.6 Å². The van der Waals surface area contributed by atoms with Crippen molar-refractivity contribution in [1.29, 1.82) is 0 Å². The van der Waals surface area contributed by atoms with Gasteiger partial charge in [-0.1, -0.05) is 12.5 Å². The molecule has 1 aromatic heterocycles. The van der Waals surface area contributed by atoms with Crippen molar-refractivity contribution < 1.29 is 4.74 Å². The van der Waals surface area contributed by atoms with E-state index in [1.807, 2.05) is 6.20 Å². The molecule has 2 aromatic rings. The minimum absolute atomic E-state index is 0.836. The number of piperidine rings is 2. The van der Waals surface area contributed by atoms with E-state index in [1.165, 1.54) is 74.9 Å². The maximum absolute atomic E-state index is 6.03. The maximum Gasteiger partial charge on any atom is 0.0500 e. The molecule has 0 spiro atoms. The highest BCUT2D eigenvalue weighted by Crippen LogP contribution is 2.52. The zero-order valence-corrected chi connectivity index (χ0v) is 16.4.